The summed E-state index contributed by atoms with van der Waals surface area (Å²) in [6, 6.07) is 16.1. The quantitative estimate of drug-likeness (QED) is 0.768. The molecular formula is C17H19ClN2S. The number of hydrogen-bond donors (Lipinski definition) is 2. The lowest BCUT2D eigenvalue weighted by Crippen LogP contribution is -2.32. The van der Waals surface area contributed by atoms with Crippen LogP contribution in [0.1, 0.15) is 30.5 Å². The van der Waals surface area contributed by atoms with Crippen LogP contribution in [0.5, 0.6) is 0 Å². The van der Waals surface area contributed by atoms with E-state index in [1.165, 1.54) is 11.1 Å². The Labute approximate surface area is 136 Å². The van der Waals surface area contributed by atoms with Crippen LogP contribution >= 0.6 is 23.8 Å². The molecule has 4 heteroatoms. The van der Waals surface area contributed by atoms with E-state index in [1.807, 2.05) is 24.3 Å². The van der Waals surface area contributed by atoms with E-state index in [0.717, 1.165) is 12.1 Å². The molecule has 110 valence electrons. The van der Waals surface area contributed by atoms with Gasteiger partial charge in [0, 0.05) is 10.7 Å². The fourth-order valence-electron chi connectivity index (χ4n) is 2.24. The van der Waals surface area contributed by atoms with Gasteiger partial charge in [-0.1, -0.05) is 42.8 Å². The molecular weight excluding hydrogens is 300 g/mol. The molecule has 0 fully saturated rings. The van der Waals surface area contributed by atoms with Crippen LogP contribution in [0.2, 0.25) is 5.02 Å². The fourth-order valence-corrected chi connectivity index (χ4v) is 2.62. The molecule has 2 aromatic rings. The lowest BCUT2D eigenvalue weighted by atomic mass is 10.00. The largest absolute Gasteiger partial charge is 0.356 e. The summed E-state index contributed by atoms with van der Waals surface area (Å²) >= 11 is 11.3. The molecule has 2 nitrogen and oxygen atoms in total. The van der Waals surface area contributed by atoms with Gasteiger partial charge in [-0.25, -0.2) is 0 Å². The molecule has 0 bridgehead atoms. The summed E-state index contributed by atoms with van der Waals surface area (Å²) in [4.78, 5) is 0. The van der Waals surface area contributed by atoms with Crippen molar-refractivity contribution in [3.63, 3.8) is 0 Å². The molecule has 1 atom stereocenters. The Hall–Kier alpha value is -1.58. The van der Waals surface area contributed by atoms with Gasteiger partial charge in [0.2, 0.25) is 0 Å². The Balaban J connectivity index is 2.03. The number of nitrogens with one attached hydrogen (secondary N) is 2. The maximum absolute atomic E-state index is 5.88. The molecule has 0 unspecified atom stereocenters. The fraction of sp³-hybridized carbons (Fsp3) is 0.235. The number of benzene rings is 2. The van der Waals surface area contributed by atoms with Gasteiger partial charge in [0.15, 0.2) is 5.11 Å². The van der Waals surface area contributed by atoms with Gasteiger partial charge in [-0.05, 0) is 61.0 Å². The third-order valence-corrected chi connectivity index (χ3v) is 3.85. The van der Waals surface area contributed by atoms with Crippen LogP contribution in [0, 0.1) is 6.92 Å². The van der Waals surface area contributed by atoms with Gasteiger partial charge < -0.3 is 10.6 Å². The lowest BCUT2D eigenvalue weighted by molar-refractivity contribution is 0.625. The van der Waals surface area contributed by atoms with E-state index in [2.05, 4.69) is 48.7 Å². The number of hydrogen-bond acceptors (Lipinski definition) is 1. The molecule has 2 rings (SSSR count). The zero-order chi connectivity index (χ0) is 15.2. The Morgan fingerprint density at radius 1 is 1.14 bits per heavy atom. The van der Waals surface area contributed by atoms with Crippen LogP contribution in [0.4, 0.5) is 5.69 Å². The van der Waals surface area contributed by atoms with E-state index in [-0.39, 0.29) is 6.04 Å². The summed E-state index contributed by atoms with van der Waals surface area (Å²) in [5.74, 6) is 0. The second kappa shape index (κ2) is 7.43. The molecule has 0 amide bonds. The Kier molecular flexibility index (Phi) is 5.59. The maximum Gasteiger partial charge on any atom is 0.171 e. The van der Waals surface area contributed by atoms with E-state index in [1.54, 1.807) is 0 Å². The summed E-state index contributed by atoms with van der Waals surface area (Å²) in [7, 11) is 0. The Morgan fingerprint density at radius 2 is 1.81 bits per heavy atom. The maximum atomic E-state index is 5.88. The minimum Gasteiger partial charge on any atom is -0.356 e. The van der Waals surface area contributed by atoms with Gasteiger partial charge in [-0.15, -0.1) is 0 Å². The van der Waals surface area contributed by atoms with Crippen molar-refractivity contribution < 1.29 is 0 Å². The first kappa shape index (κ1) is 15.8. The number of aryl methyl sites for hydroxylation is 1. The monoisotopic (exact) mass is 318 g/mol. The molecule has 2 aromatic carbocycles. The first-order chi connectivity index (χ1) is 10.1. The second-order valence-electron chi connectivity index (χ2n) is 4.92. The van der Waals surface area contributed by atoms with Crippen LogP contribution < -0.4 is 10.6 Å². The molecule has 0 aliphatic heterocycles. The van der Waals surface area contributed by atoms with Crippen molar-refractivity contribution in [3.05, 3.63) is 64.7 Å². The van der Waals surface area contributed by atoms with Crippen molar-refractivity contribution in [2.75, 3.05) is 5.32 Å². The van der Waals surface area contributed by atoms with Crippen molar-refractivity contribution in [2.24, 2.45) is 0 Å². The van der Waals surface area contributed by atoms with Gasteiger partial charge in [0.1, 0.15) is 0 Å². The minimum atomic E-state index is 0.207. The summed E-state index contributed by atoms with van der Waals surface area (Å²) in [5, 5.41) is 7.89. The van der Waals surface area contributed by atoms with Crippen LogP contribution in [0.3, 0.4) is 0 Å². The number of thiocarbonyl (C=S) groups is 1. The highest BCUT2D eigenvalue weighted by Gasteiger charge is 2.12. The third kappa shape index (κ3) is 4.45. The molecule has 0 heterocycles. The predicted molar refractivity (Wildman–Crippen MR) is 95.0 cm³/mol. The first-order valence-electron chi connectivity index (χ1n) is 6.98. The van der Waals surface area contributed by atoms with Crippen LogP contribution in [-0.2, 0) is 0 Å². The highest BCUT2D eigenvalue weighted by Crippen LogP contribution is 2.20. The lowest BCUT2D eigenvalue weighted by Gasteiger charge is -2.21. The molecule has 0 aliphatic carbocycles. The van der Waals surface area contributed by atoms with Gasteiger partial charge in [0.25, 0.3) is 0 Å². The average molecular weight is 319 g/mol. The topological polar surface area (TPSA) is 24.1 Å². The summed E-state index contributed by atoms with van der Waals surface area (Å²) < 4.78 is 0. The van der Waals surface area contributed by atoms with Crippen molar-refractivity contribution in [1.82, 2.24) is 5.32 Å². The van der Waals surface area contributed by atoms with E-state index in [4.69, 9.17) is 23.8 Å². The molecule has 2 N–H and O–H groups in total. The van der Waals surface area contributed by atoms with E-state index < -0.39 is 0 Å². The van der Waals surface area contributed by atoms with Crippen molar-refractivity contribution in [1.29, 1.82) is 0 Å². The van der Waals surface area contributed by atoms with Gasteiger partial charge in [-0.3, -0.25) is 0 Å². The Bertz CT molecular complexity index is 610. The number of rotatable bonds is 4. The molecule has 0 aromatic heterocycles. The average Bonchev–Trinajstić information content (AvgIpc) is 2.48. The normalized spacial score (nSPS) is 11.8. The first-order valence-corrected chi connectivity index (χ1v) is 7.77. The van der Waals surface area contributed by atoms with Gasteiger partial charge >= 0.3 is 0 Å². The zero-order valence-corrected chi connectivity index (χ0v) is 13.8. The van der Waals surface area contributed by atoms with Crippen LogP contribution in [0.15, 0.2) is 48.5 Å². The predicted octanol–water partition coefficient (Wildman–Crippen LogP) is 5.09. The molecule has 0 spiro atoms. The van der Waals surface area contributed by atoms with Crippen molar-refractivity contribution in [3.8, 4) is 0 Å². The van der Waals surface area contributed by atoms with E-state index >= 15 is 0 Å². The third-order valence-electron chi connectivity index (χ3n) is 3.38. The minimum absolute atomic E-state index is 0.207. The standard InChI is InChI=1S/C17H19ClN2S/c1-3-16(15-7-5-4-6-12(15)2)20-17(21)19-14-10-8-13(18)9-11-14/h4-11,16H,3H2,1-2H3,(H2,19,20,21)/t16-/m0/s1. The molecule has 0 radical (unpaired) electrons. The molecule has 21 heavy (non-hydrogen) atoms. The van der Waals surface area contributed by atoms with E-state index in [9.17, 15) is 0 Å². The van der Waals surface area contributed by atoms with Crippen molar-refractivity contribution in [2.45, 2.75) is 26.3 Å². The second-order valence-corrected chi connectivity index (χ2v) is 5.77. The van der Waals surface area contributed by atoms with Gasteiger partial charge in [-0.2, -0.15) is 0 Å². The van der Waals surface area contributed by atoms with E-state index in [0.29, 0.717) is 10.1 Å². The molecule has 0 aliphatic rings. The highest BCUT2D eigenvalue weighted by atomic mass is 35.5. The summed E-state index contributed by atoms with van der Waals surface area (Å²) in [5.41, 5.74) is 3.47. The van der Waals surface area contributed by atoms with Crippen LogP contribution in [0.25, 0.3) is 0 Å². The smallest absolute Gasteiger partial charge is 0.171 e. The SMILES string of the molecule is CC[C@H](NC(=S)Nc1ccc(Cl)cc1)c1ccccc1C. The van der Waals surface area contributed by atoms with Crippen LogP contribution in [-0.4, -0.2) is 5.11 Å². The molecule has 0 saturated heterocycles. The van der Waals surface area contributed by atoms with Gasteiger partial charge in [0.05, 0.1) is 6.04 Å². The van der Waals surface area contributed by atoms with Crippen molar-refractivity contribution >= 4 is 34.6 Å². The summed E-state index contributed by atoms with van der Waals surface area (Å²) in [6.07, 6.45) is 0.966. The number of anilines is 1. The molecule has 0 saturated carbocycles. The summed E-state index contributed by atoms with van der Waals surface area (Å²) in [6.45, 7) is 4.27. The number of halogens is 1. The zero-order valence-electron chi connectivity index (χ0n) is 12.2. The Morgan fingerprint density at radius 3 is 2.43 bits per heavy atom. The highest BCUT2D eigenvalue weighted by molar-refractivity contribution is 7.80.